The summed E-state index contributed by atoms with van der Waals surface area (Å²) in [6, 6.07) is 6.08. The van der Waals surface area contributed by atoms with Gasteiger partial charge >= 0.3 is 0 Å². The number of benzene rings is 1. The highest BCUT2D eigenvalue weighted by molar-refractivity contribution is 7.80. The molecule has 0 saturated heterocycles. The molecule has 1 aromatic rings. The van der Waals surface area contributed by atoms with E-state index < -0.39 is 5.41 Å². The first kappa shape index (κ1) is 15.9. The molecule has 0 unspecified atom stereocenters. The Bertz CT molecular complexity index is 541. The van der Waals surface area contributed by atoms with Gasteiger partial charge in [0.15, 0.2) is 0 Å². The highest BCUT2D eigenvalue weighted by atomic mass is 32.1. The van der Waals surface area contributed by atoms with E-state index >= 15 is 0 Å². The topological polar surface area (TPSA) is 46.3 Å². The van der Waals surface area contributed by atoms with Crippen LogP contribution in [0.25, 0.3) is 0 Å². The number of hydrogen-bond donors (Lipinski definition) is 1. The van der Waals surface area contributed by atoms with Gasteiger partial charge in [0, 0.05) is 12.2 Å². The molecule has 5 heteroatoms. The zero-order chi connectivity index (χ0) is 15.5. The average molecular weight is 308 g/mol. The smallest absolute Gasteiger partial charge is 0.240 e. The Labute approximate surface area is 130 Å². The van der Waals surface area contributed by atoms with Gasteiger partial charge in [-0.15, -0.1) is 0 Å². The molecular formula is C16H21FN2OS. The molecule has 0 heterocycles. The molecule has 1 fully saturated rings. The van der Waals surface area contributed by atoms with E-state index in [-0.39, 0.29) is 16.7 Å². The van der Waals surface area contributed by atoms with Gasteiger partial charge in [-0.3, -0.25) is 4.79 Å². The van der Waals surface area contributed by atoms with Gasteiger partial charge < -0.3 is 10.6 Å². The summed E-state index contributed by atoms with van der Waals surface area (Å²) < 4.78 is 13.4. The Morgan fingerprint density at radius 3 is 2.57 bits per heavy atom. The lowest BCUT2D eigenvalue weighted by Crippen LogP contribution is -2.51. The van der Waals surface area contributed by atoms with Crippen LogP contribution >= 0.6 is 12.2 Å². The fraction of sp³-hybridized carbons (Fsp3) is 0.500. The maximum atomic E-state index is 13.4. The van der Waals surface area contributed by atoms with E-state index in [4.69, 9.17) is 18.0 Å². The summed E-state index contributed by atoms with van der Waals surface area (Å²) in [6.45, 7) is 2.34. The van der Waals surface area contributed by atoms with Crippen LogP contribution in [0.1, 0.15) is 39.0 Å². The molecule has 21 heavy (non-hydrogen) atoms. The van der Waals surface area contributed by atoms with Crippen LogP contribution in [0.2, 0.25) is 0 Å². The molecule has 3 nitrogen and oxygen atoms in total. The first-order valence-electron chi connectivity index (χ1n) is 7.38. The molecule has 2 rings (SSSR count). The number of halogens is 1. The van der Waals surface area contributed by atoms with Crippen molar-refractivity contribution < 1.29 is 9.18 Å². The number of hydrogen-bond acceptors (Lipinski definition) is 2. The molecule has 1 saturated carbocycles. The largest absolute Gasteiger partial charge is 0.392 e. The third-order valence-corrected chi connectivity index (χ3v) is 4.66. The van der Waals surface area contributed by atoms with Crippen molar-refractivity contribution in [3.05, 3.63) is 30.1 Å². The molecule has 0 radical (unpaired) electrons. The number of amides is 1. The Kier molecular flexibility index (Phi) is 4.93. The molecule has 1 aromatic carbocycles. The Morgan fingerprint density at radius 1 is 1.38 bits per heavy atom. The fourth-order valence-electron chi connectivity index (χ4n) is 3.07. The Balaban J connectivity index is 2.36. The van der Waals surface area contributed by atoms with Gasteiger partial charge in [0.05, 0.1) is 10.4 Å². The monoisotopic (exact) mass is 308 g/mol. The molecule has 1 amide bonds. The molecule has 1 aliphatic carbocycles. The van der Waals surface area contributed by atoms with Crippen molar-refractivity contribution in [3.63, 3.8) is 0 Å². The second kappa shape index (κ2) is 6.52. The molecule has 114 valence electrons. The van der Waals surface area contributed by atoms with Crippen molar-refractivity contribution in [1.29, 1.82) is 0 Å². The number of nitrogens with zero attached hydrogens (tertiary/aromatic N) is 1. The maximum Gasteiger partial charge on any atom is 0.240 e. The molecule has 0 aliphatic heterocycles. The van der Waals surface area contributed by atoms with Gasteiger partial charge in [0.1, 0.15) is 5.82 Å². The van der Waals surface area contributed by atoms with E-state index in [1.807, 2.05) is 6.92 Å². The maximum absolute atomic E-state index is 13.4. The number of anilines is 1. The third kappa shape index (κ3) is 3.07. The summed E-state index contributed by atoms with van der Waals surface area (Å²) in [5.74, 6) is -0.449. The summed E-state index contributed by atoms with van der Waals surface area (Å²) >= 11 is 5.20. The highest BCUT2D eigenvalue weighted by Crippen LogP contribution is 2.39. The minimum Gasteiger partial charge on any atom is -0.392 e. The van der Waals surface area contributed by atoms with E-state index in [1.165, 1.54) is 12.1 Å². The highest BCUT2D eigenvalue weighted by Gasteiger charge is 2.44. The minimum atomic E-state index is -0.768. The van der Waals surface area contributed by atoms with Crippen LogP contribution in [0.15, 0.2) is 24.3 Å². The molecule has 0 atom stereocenters. The van der Waals surface area contributed by atoms with Gasteiger partial charge in [0.25, 0.3) is 0 Å². The van der Waals surface area contributed by atoms with Crippen molar-refractivity contribution in [3.8, 4) is 0 Å². The van der Waals surface area contributed by atoms with Crippen molar-refractivity contribution in [2.75, 3.05) is 11.4 Å². The van der Waals surface area contributed by atoms with E-state index in [1.54, 1.807) is 17.0 Å². The zero-order valence-electron chi connectivity index (χ0n) is 12.3. The predicted octanol–water partition coefficient (Wildman–Crippen LogP) is 3.42. The van der Waals surface area contributed by atoms with Gasteiger partial charge in [-0.2, -0.15) is 0 Å². The summed E-state index contributed by atoms with van der Waals surface area (Å²) in [5.41, 5.74) is 5.70. The number of rotatable bonds is 4. The van der Waals surface area contributed by atoms with Crippen LogP contribution in [-0.2, 0) is 4.79 Å². The molecule has 1 aliphatic rings. The lowest BCUT2D eigenvalue weighted by atomic mass is 9.72. The second-order valence-corrected chi connectivity index (χ2v) is 5.98. The van der Waals surface area contributed by atoms with Crippen LogP contribution in [0.4, 0.5) is 10.1 Å². The van der Waals surface area contributed by atoms with Gasteiger partial charge in [-0.05, 0) is 38.0 Å². The summed E-state index contributed by atoms with van der Waals surface area (Å²) in [4.78, 5) is 14.9. The van der Waals surface area contributed by atoms with E-state index in [9.17, 15) is 9.18 Å². The lowest BCUT2D eigenvalue weighted by Gasteiger charge is -2.38. The van der Waals surface area contributed by atoms with Gasteiger partial charge in [0.2, 0.25) is 5.91 Å². The third-order valence-electron chi connectivity index (χ3n) is 4.27. The fourth-order valence-corrected chi connectivity index (χ4v) is 3.36. The van der Waals surface area contributed by atoms with Crippen molar-refractivity contribution >= 4 is 28.8 Å². The molecular weight excluding hydrogens is 287 g/mol. The first-order chi connectivity index (χ1) is 10.0. The summed E-state index contributed by atoms with van der Waals surface area (Å²) in [6.07, 6.45) is 4.37. The lowest BCUT2D eigenvalue weighted by molar-refractivity contribution is -0.126. The SMILES string of the molecule is CCN(C(=O)C1(C(N)=S)CCCCC1)c1cccc(F)c1. The van der Waals surface area contributed by atoms with E-state index in [0.717, 1.165) is 19.3 Å². The van der Waals surface area contributed by atoms with Crippen LogP contribution in [0.5, 0.6) is 0 Å². The van der Waals surface area contributed by atoms with E-state index in [0.29, 0.717) is 25.1 Å². The minimum absolute atomic E-state index is 0.0946. The van der Waals surface area contributed by atoms with Crippen LogP contribution in [0, 0.1) is 11.2 Å². The molecule has 0 spiro atoms. The Morgan fingerprint density at radius 2 is 2.05 bits per heavy atom. The molecule has 2 N–H and O–H groups in total. The van der Waals surface area contributed by atoms with Crippen LogP contribution in [0.3, 0.4) is 0 Å². The van der Waals surface area contributed by atoms with Gasteiger partial charge in [-0.25, -0.2) is 4.39 Å². The quantitative estimate of drug-likeness (QED) is 0.867. The predicted molar refractivity (Wildman–Crippen MR) is 86.7 cm³/mol. The number of nitrogens with two attached hydrogens (primary N) is 1. The first-order valence-corrected chi connectivity index (χ1v) is 7.79. The number of thiocarbonyl (C=S) groups is 1. The molecule has 0 aromatic heterocycles. The average Bonchev–Trinajstić information content (AvgIpc) is 2.48. The van der Waals surface area contributed by atoms with Crippen LogP contribution < -0.4 is 10.6 Å². The standard InChI is InChI=1S/C16H21FN2OS/c1-2-19(13-8-6-7-12(17)11-13)15(20)16(14(18)21)9-4-3-5-10-16/h6-8,11H,2-5,9-10H2,1H3,(H2,18,21). The number of carbonyl (C=O) groups is 1. The Hall–Kier alpha value is -1.49. The summed E-state index contributed by atoms with van der Waals surface area (Å²) in [7, 11) is 0. The van der Waals surface area contributed by atoms with Crippen molar-refractivity contribution in [2.24, 2.45) is 11.1 Å². The van der Waals surface area contributed by atoms with Crippen LogP contribution in [-0.4, -0.2) is 17.4 Å². The second-order valence-electron chi connectivity index (χ2n) is 5.54. The van der Waals surface area contributed by atoms with Gasteiger partial charge in [-0.1, -0.05) is 37.5 Å². The van der Waals surface area contributed by atoms with E-state index in [2.05, 4.69) is 0 Å². The zero-order valence-corrected chi connectivity index (χ0v) is 13.1. The summed E-state index contributed by atoms with van der Waals surface area (Å²) in [5, 5.41) is 0. The number of carbonyl (C=O) groups excluding carboxylic acids is 1. The normalized spacial score (nSPS) is 17.2. The molecule has 0 bridgehead atoms. The van der Waals surface area contributed by atoms with Crippen molar-refractivity contribution in [2.45, 2.75) is 39.0 Å². The van der Waals surface area contributed by atoms with Crippen molar-refractivity contribution in [1.82, 2.24) is 0 Å².